The summed E-state index contributed by atoms with van der Waals surface area (Å²) in [5.74, 6) is -0.874. The molecule has 0 aliphatic rings. The second kappa shape index (κ2) is 8.60. The van der Waals surface area contributed by atoms with Crippen molar-refractivity contribution in [2.75, 3.05) is 25.5 Å². The number of nitrogens with one attached hydrogen (secondary N) is 2. The highest BCUT2D eigenvalue weighted by atomic mass is 35.5. The third-order valence-corrected chi connectivity index (χ3v) is 3.38. The molecule has 0 atom stereocenters. The maximum Gasteiger partial charge on any atom is 0.244 e. The van der Waals surface area contributed by atoms with Crippen LogP contribution in [0, 0.1) is 0 Å². The minimum absolute atomic E-state index is 0.121. The number of carbonyl (C=O) groups excluding carboxylic acids is 3. The van der Waals surface area contributed by atoms with Gasteiger partial charge in [0.15, 0.2) is 0 Å². The van der Waals surface area contributed by atoms with Gasteiger partial charge in [-0.25, -0.2) is 0 Å². The Balaban J connectivity index is 2.50. The van der Waals surface area contributed by atoms with Gasteiger partial charge in [-0.05, 0) is 12.1 Å². The van der Waals surface area contributed by atoms with Gasteiger partial charge in [0, 0.05) is 26.9 Å². The highest BCUT2D eigenvalue weighted by molar-refractivity contribution is 6.39. The molecular weight excluding hydrogens is 329 g/mol. The second-order valence-electron chi connectivity index (χ2n) is 4.63. The predicted octanol–water partition coefficient (Wildman–Crippen LogP) is 1.92. The summed E-state index contributed by atoms with van der Waals surface area (Å²) in [6.07, 6.45) is 0.121. The van der Waals surface area contributed by atoms with E-state index in [2.05, 4.69) is 10.6 Å². The molecule has 3 amide bonds. The van der Waals surface area contributed by atoms with Gasteiger partial charge >= 0.3 is 0 Å². The molecule has 1 aromatic carbocycles. The van der Waals surface area contributed by atoms with Gasteiger partial charge in [-0.2, -0.15) is 0 Å². The van der Waals surface area contributed by atoms with Crippen molar-refractivity contribution in [3.05, 3.63) is 28.2 Å². The fraction of sp³-hybridized carbons (Fsp3) is 0.357. The SMILES string of the molecule is CC(=O)NCCC(=O)N(C)CC(=O)Nc1c(Cl)cccc1Cl. The number of benzene rings is 1. The number of rotatable bonds is 6. The van der Waals surface area contributed by atoms with Crippen LogP contribution in [0.5, 0.6) is 0 Å². The molecule has 0 aromatic heterocycles. The first-order valence-electron chi connectivity index (χ1n) is 6.53. The molecule has 6 nitrogen and oxygen atoms in total. The summed E-state index contributed by atoms with van der Waals surface area (Å²) in [6.45, 7) is 1.46. The number of para-hydroxylation sites is 1. The molecule has 1 aromatic rings. The first-order chi connectivity index (χ1) is 10.3. The monoisotopic (exact) mass is 345 g/mol. The number of nitrogens with zero attached hydrogens (tertiary/aromatic N) is 1. The van der Waals surface area contributed by atoms with Crippen LogP contribution in [0.25, 0.3) is 0 Å². The number of halogens is 2. The summed E-state index contributed by atoms with van der Waals surface area (Å²) in [7, 11) is 1.50. The molecule has 0 aliphatic carbocycles. The molecule has 1 rings (SSSR count). The van der Waals surface area contributed by atoms with Gasteiger partial charge in [-0.15, -0.1) is 0 Å². The van der Waals surface area contributed by atoms with Crippen molar-refractivity contribution in [3.8, 4) is 0 Å². The van der Waals surface area contributed by atoms with Crippen LogP contribution < -0.4 is 10.6 Å². The number of likely N-dealkylation sites (N-methyl/N-ethyl adjacent to an activating group) is 1. The normalized spacial score (nSPS) is 10.0. The zero-order valence-electron chi connectivity index (χ0n) is 12.3. The minimum atomic E-state index is -0.412. The number of amides is 3. The van der Waals surface area contributed by atoms with Crippen molar-refractivity contribution in [1.29, 1.82) is 0 Å². The lowest BCUT2D eigenvalue weighted by atomic mass is 10.3. The van der Waals surface area contributed by atoms with E-state index in [4.69, 9.17) is 23.2 Å². The van der Waals surface area contributed by atoms with E-state index in [1.165, 1.54) is 18.9 Å². The van der Waals surface area contributed by atoms with E-state index in [1.807, 2.05) is 0 Å². The smallest absolute Gasteiger partial charge is 0.244 e. The van der Waals surface area contributed by atoms with Crippen molar-refractivity contribution >= 4 is 46.6 Å². The molecule has 0 bridgehead atoms. The summed E-state index contributed by atoms with van der Waals surface area (Å²) >= 11 is 11.9. The van der Waals surface area contributed by atoms with Crippen LogP contribution in [0.15, 0.2) is 18.2 Å². The zero-order valence-corrected chi connectivity index (χ0v) is 13.8. The van der Waals surface area contributed by atoms with Crippen molar-refractivity contribution in [2.45, 2.75) is 13.3 Å². The molecule has 0 spiro atoms. The molecule has 0 radical (unpaired) electrons. The maximum atomic E-state index is 11.9. The second-order valence-corrected chi connectivity index (χ2v) is 5.44. The Kier molecular flexibility index (Phi) is 7.14. The maximum absolute atomic E-state index is 11.9. The lowest BCUT2D eigenvalue weighted by Gasteiger charge is -2.17. The molecule has 0 heterocycles. The third-order valence-electron chi connectivity index (χ3n) is 2.75. The molecule has 0 saturated carbocycles. The van der Waals surface area contributed by atoms with Crippen LogP contribution in [0.2, 0.25) is 10.0 Å². The summed E-state index contributed by atoms with van der Waals surface area (Å²) in [4.78, 5) is 35.7. The average molecular weight is 346 g/mol. The fourth-order valence-electron chi connectivity index (χ4n) is 1.64. The van der Waals surface area contributed by atoms with Gasteiger partial charge in [0.25, 0.3) is 0 Å². The van der Waals surface area contributed by atoms with Crippen molar-refractivity contribution in [3.63, 3.8) is 0 Å². The van der Waals surface area contributed by atoms with Gasteiger partial charge in [0.05, 0.1) is 22.3 Å². The first kappa shape index (κ1) is 18.3. The number of anilines is 1. The van der Waals surface area contributed by atoms with Gasteiger partial charge in [0.1, 0.15) is 0 Å². The van der Waals surface area contributed by atoms with E-state index in [9.17, 15) is 14.4 Å². The molecule has 0 saturated heterocycles. The Hall–Kier alpha value is -1.79. The topological polar surface area (TPSA) is 78.5 Å². The van der Waals surface area contributed by atoms with Crippen LogP contribution in [-0.4, -0.2) is 42.8 Å². The van der Waals surface area contributed by atoms with E-state index in [0.29, 0.717) is 15.7 Å². The minimum Gasteiger partial charge on any atom is -0.356 e. The Labute approximate surface area is 138 Å². The van der Waals surface area contributed by atoms with Crippen LogP contribution in [0.1, 0.15) is 13.3 Å². The van der Waals surface area contributed by atoms with Crippen LogP contribution in [0.3, 0.4) is 0 Å². The largest absolute Gasteiger partial charge is 0.356 e. The zero-order chi connectivity index (χ0) is 16.7. The molecule has 0 aliphatic heterocycles. The summed E-state index contributed by atoms with van der Waals surface area (Å²) in [5, 5.41) is 5.73. The number of hydrogen-bond acceptors (Lipinski definition) is 3. The van der Waals surface area contributed by atoms with E-state index in [0.717, 1.165) is 0 Å². The lowest BCUT2D eigenvalue weighted by molar-refractivity contribution is -0.133. The quantitative estimate of drug-likeness (QED) is 0.826. The van der Waals surface area contributed by atoms with E-state index < -0.39 is 5.91 Å². The third kappa shape index (κ3) is 5.91. The van der Waals surface area contributed by atoms with E-state index in [-0.39, 0.29) is 31.3 Å². The Morgan fingerprint density at radius 1 is 1.18 bits per heavy atom. The molecule has 8 heteroatoms. The summed E-state index contributed by atoms with van der Waals surface area (Å²) < 4.78 is 0. The lowest BCUT2D eigenvalue weighted by Crippen LogP contribution is -2.36. The number of hydrogen-bond donors (Lipinski definition) is 2. The molecule has 2 N–H and O–H groups in total. The van der Waals surface area contributed by atoms with Gasteiger partial charge in [-0.1, -0.05) is 29.3 Å². The highest BCUT2D eigenvalue weighted by Crippen LogP contribution is 2.29. The Bertz CT molecular complexity index is 558. The van der Waals surface area contributed by atoms with Gasteiger partial charge in [-0.3, -0.25) is 14.4 Å². The van der Waals surface area contributed by atoms with Crippen molar-refractivity contribution < 1.29 is 14.4 Å². The molecule has 0 fully saturated rings. The Morgan fingerprint density at radius 3 is 2.32 bits per heavy atom. The van der Waals surface area contributed by atoms with Gasteiger partial charge < -0.3 is 15.5 Å². The van der Waals surface area contributed by atoms with E-state index >= 15 is 0 Å². The Morgan fingerprint density at radius 2 is 1.77 bits per heavy atom. The van der Waals surface area contributed by atoms with Gasteiger partial charge in [0.2, 0.25) is 17.7 Å². The molecular formula is C14H17Cl2N3O3. The fourth-order valence-corrected chi connectivity index (χ4v) is 2.13. The standard InChI is InChI=1S/C14H17Cl2N3O3/c1-9(20)17-7-6-13(22)19(2)8-12(21)18-14-10(15)4-3-5-11(14)16/h3-5H,6-8H2,1-2H3,(H,17,20)(H,18,21). The van der Waals surface area contributed by atoms with Crippen LogP contribution in [-0.2, 0) is 14.4 Å². The number of carbonyl (C=O) groups is 3. The van der Waals surface area contributed by atoms with Crippen molar-refractivity contribution in [1.82, 2.24) is 10.2 Å². The first-order valence-corrected chi connectivity index (χ1v) is 7.29. The van der Waals surface area contributed by atoms with Crippen LogP contribution in [0.4, 0.5) is 5.69 Å². The average Bonchev–Trinajstić information content (AvgIpc) is 2.42. The molecule has 22 heavy (non-hydrogen) atoms. The summed E-state index contributed by atoms with van der Waals surface area (Å²) in [5.41, 5.74) is 0.315. The molecule has 120 valence electrons. The molecule has 0 unspecified atom stereocenters. The van der Waals surface area contributed by atoms with Crippen molar-refractivity contribution in [2.24, 2.45) is 0 Å². The van der Waals surface area contributed by atoms with E-state index in [1.54, 1.807) is 18.2 Å². The highest BCUT2D eigenvalue weighted by Gasteiger charge is 2.15. The predicted molar refractivity (Wildman–Crippen MR) is 86.0 cm³/mol. The summed E-state index contributed by atoms with van der Waals surface area (Å²) in [6, 6.07) is 4.87. The van der Waals surface area contributed by atoms with Crippen LogP contribution >= 0.6 is 23.2 Å².